The Morgan fingerprint density at radius 3 is 2.00 bits per heavy atom. The number of halogens is 6. The molecule has 6 atom stereocenters. The zero-order valence-corrected chi connectivity index (χ0v) is 12.1. The van der Waals surface area contributed by atoms with Gasteiger partial charge >= 0.3 is 12.4 Å². The SMILES string of the molecule is COOCC(C1C(O)C2C3C=CC(C3)C21)(C(F)(F)F)C(F)(F)F. The van der Waals surface area contributed by atoms with E-state index in [-0.39, 0.29) is 11.8 Å². The number of hydrogen-bond acceptors (Lipinski definition) is 3. The topological polar surface area (TPSA) is 38.7 Å². The van der Waals surface area contributed by atoms with Crippen LogP contribution in [0.2, 0.25) is 0 Å². The van der Waals surface area contributed by atoms with Crippen LogP contribution >= 0.6 is 0 Å². The van der Waals surface area contributed by atoms with Crippen LogP contribution in [0.1, 0.15) is 6.42 Å². The average Bonchev–Trinajstić information content (AvgIpc) is 2.97. The van der Waals surface area contributed by atoms with Gasteiger partial charge in [0.25, 0.3) is 0 Å². The van der Waals surface area contributed by atoms with Crippen LogP contribution < -0.4 is 0 Å². The molecule has 0 heterocycles. The molecule has 0 saturated heterocycles. The van der Waals surface area contributed by atoms with Gasteiger partial charge in [-0.05, 0) is 30.1 Å². The second kappa shape index (κ2) is 5.10. The second-order valence-corrected chi connectivity index (χ2v) is 6.52. The first-order valence-corrected chi connectivity index (χ1v) is 7.21. The first kappa shape index (κ1) is 17.0. The molecule has 0 spiro atoms. The zero-order chi connectivity index (χ0) is 17.2. The number of alkyl halides is 6. The van der Waals surface area contributed by atoms with E-state index in [0.29, 0.717) is 6.42 Å². The minimum absolute atomic E-state index is 0.140. The van der Waals surface area contributed by atoms with Crippen LogP contribution in [0.25, 0.3) is 0 Å². The minimum Gasteiger partial charge on any atom is -0.392 e. The summed E-state index contributed by atoms with van der Waals surface area (Å²) < 4.78 is 81.3. The number of hydrogen-bond donors (Lipinski definition) is 1. The molecular weight excluding hydrogens is 330 g/mol. The molecule has 0 aromatic heterocycles. The Morgan fingerprint density at radius 1 is 1.00 bits per heavy atom. The first-order chi connectivity index (χ1) is 10.6. The van der Waals surface area contributed by atoms with Gasteiger partial charge in [0.2, 0.25) is 0 Å². The molecule has 0 amide bonds. The summed E-state index contributed by atoms with van der Waals surface area (Å²) >= 11 is 0. The largest absolute Gasteiger partial charge is 0.405 e. The lowest BCUT2D eigenvalue weighted by molar-refractivity contribution is -0.427. The van der Waals surface area contributed by atoms with Crippen molar-refractivity contribution in [2.24, 2.45) is 35.0 Å². The van der Waals surface area contributed by atoms with Crippen molar-refractivity contribution in [1.29, 1.82) is 0 Å². The molecule has 6 unspecified atom stereocenters. The van der Waals surface area contributed by atoms with Gasteiger partial charge in [0, 0.05) is 5.92 Å². The Labute approximate surface area is 128 Å². The van der Waals surface area contributed by atoms with E-state index in [4.69, 9.17) is 0 Å². The van der Waals surface area contributed by atoms with E-state index in [2.05, 4.69) is 9.78 Å². The molecule has 2 bridgehead atoms. The van der Waals surface area contributed by atoms with Gasteiger partial charge in [-0.3, -0.25) is 0 Å². The average molecular weight is 346 g/mol. The van der Waals surface area contributed by atoms with Crippen molar-refractivity contribution in [3.05, 3.63) is 12.2 Å². The van der Waals surface area contributed by atoms with E-state index in [9.17, 15) is 31.4 Å². The number of fused-ring (bicyclic) bond motifs is 5. The molecule has 3 nitrogen and oxygen atoms in total. The van der Waals surface area contributed by atoms with Crippen molar-refractivity contribution in [2.45, 2.75) is 24.9 Å². The van der Waals surface area contributed by atoms with Gasteiger partial charge in [-0.15, -0.1) is 0 Å². The van der Waals surface area contributed by atoms with Gasteiger partial charge in [0.1, 0.15) is 6.61 Å². The lowest BCUT2D eigenvalue weighted by Gasteiger charge is -2.58. The summed E-state index contributed by atoms with van der Waals surface area (Å²) in [5.41, 5.74) is -4.14. The van der Waals surface area contributed by atoms with Crippen LogP contribution in [-0.2, 0) is 9.78 Å². The minimum atomic E-state index is -5.62. The molecule has 0 aliphatic heterocycles. The molecular formula is C14H16F6O3. The van der Waals surface area contributed by atoms with Crippen LogP contribution in [-0.4, -0.2) is 37.3 Å². The number of rotatable bonds is 4. The molecule has 0 aromatic rings. The maximum absolute atomic E-state index is 13.6. The maximum atomic E-state index is 13.6. The molecule has 3 rings (SSSR count). The van der Waals surface area contributed by atoms with Crippen LogP contribution in [0.3, 0.4) is 0 Å². The summed E-state index contributed by atoms with van der Waals surface area (Å²) in [7, 11) is 0.845. The van der Waals surface area contributed by atoms with Gasteiger partial charge in [0.15, 0.2) is 5.41 Å². The molecule has 23 heavy (non-hydrogen) atoms. The van der Waals surface area contributed by atoms with Crippen molar-refractivity contribution in [2.75, 3.05) is 13.7 Å². The Morgan fingerprint density at radius 2 is 1.52 bits per heavy atom. The molecule has 3 aliphatic rings. The summed E-state index contributed by atoms with van der Waals surface area (Å²) in [6.07, 6.45) is -8.96. The zero-order valence-electron chi connectivity index (χ0n) is 12.1. The smallest absolute Gasteiger partial charge is 0.392 e. The Balaban J connectivity index is 2.03. The van der Waals surface area contributed by atoms with Crippen molar-refractivity contribution < 1.29 is 41.2 Å². The maximum Gasteiger partial charge on any atom is 0.405 e. The molecule has 2 fully saturated rings. The van der Waals surface area contributed by atoms with Crippen molar-refractivity contribution >= 4 is 0 Å². The van der Waals surface area contributed by atoms with Crippen molar-refractivity contribution in [1.82, 2.24) is 0 Å². The third-order valence-corrected chi connectivity index (χ3v) is 5.75. The Bertz CT molecular complexity index is 486. The number of aliphatic hydroxyl groups is 1. The van der Waals surface area contributed by atoms with Crippen molar-refractivity contribution in [3.63, 3.8) is 0 Å². The Hall–Kier alpha value is -0.800. The number of aliphatic hydroxyl groups excluding tert-OH is 1. The van der Waals surface area contributed by atoms with Gasteiger partial charge < -0.3 is 5.11 Å². The predicted molar refractivity (Wildman–Crippen MR) is 64.7 cm³/mol. The third-order valence-electron chi connectivity index (χ3n) is 5.75. The van der Waals surface area contributed by atoms with E-state index in [1.807, 2.05) is 0 Å². The molecule has 3 aliphatic carbocycles. The summed E-state index contributed by atoms with van der Waals surface area (Å²) in [6.45, 7) is -1.72. The Kier molecular flexibility index (Phi) is 3.77. The molecule has 1 N–H and O–H groups in total. The van der Waals surface area contributed by atoms with E-state index >= 15 is 0 Å². The van der Waals surface area contributed by atoms with Gasteiger partial charge in [0.05, 0.1) is 13.2 Å². The van der Waals surface area contributed by atoms with Gasteiger partial charge in [-0.25, -0.2) is 9.78 Å². The fourth-order valence-corrected chi connectivity index (χ4v) is 4.78. The van der Waals surface area contributed by atoms with Crippen LogP contribution in [0, 0.1) is 35.0 Å². The highest BCUT2D eigenvalue weighted by atomic mass is 19.4. The first-order valence-electron chi connectivity index (χ1n) is 7.21. The van der Waals surface area contributed by atoms with Crippen LogP contribution in [0.4, 0.5) is 26.3 Å². The molecule has 0 aromatic carbocycles. The van der Waals surface area contributed by atoms with Gasteiger partial charge in [-0.2, -0.15) is 26.3 Å². The monoisotopic (exact) mass is 346 g/mol. The third kappa shape index (κ3) is 2.09. The highest BCUT2D eigenvalue weighted by molar-refractivity contribution is 5.25. The van der Waals surface area contributed by atoms with Gasteiger partial charge in [-0.1, -0.05) is 12.2 Å². The quantitative estimate of drug-likeness (QED) is 0.368. The van der Waals surface area contributed by atoms with Crippen LogP contribution in [0.5, 0.6) is 0 Å². The predicted octanol–water partition coefficient (Wildman–Crippen LogP) is 3.10. The second-order valence-electron chi connectivity index (χ2n) is 6.52. The lowest BCUT2D eigenvalue weighted by atomic mass is 9.49. The summed E-state index contributed by atoms with van der Waals surface area (Å²) in [5.74, 6) is -3.86. The molecule has 2 saturated carbocycles. The fourth-order valence-electron chi connectivity index (χ4n) is 4.78. The van der Waals surface area contributed by atoms with Crippen LogP contribution in [0.15, 0.2) is 12.2 Å². The van der Waals surface area contributed by atoms with E-state index in [1.165, 1.54) is 0 Å². The van der Waals surface area contributed by atoms with E-state index < -0.39 is 48.2 Å². The normalized spacial score (nSPS) is 39.5. The lowest BCUT2D eigenvalue weighted by Crippen LogP contribution is -2.69. The fraction of sp³-hybridized carbons (Fsp3) is 0.857. The summed E-state index contributed by atoms with van der Waals surface area (Å²) in [4.78, 5) is 8.14. The van der Waals surface area contributed by atoms with Crippen molar-refractivity contribution in [3.8, 4) is 0 Å². The van der Waals surface area contributed by atoms with E-state index in [1.54, 1.807) is 12.2 Å². The highest BCUT2D eigenvalue weighted by Crippen LogP contribution is 2.70. The summed E-state index contributed by atoms with van der Waals surface area (Å²) in [5, 5.41) is 10.1. The molecule has 132 valence electrons. The standard InChI is InChI=1S/C14H16F6O3/c1-22-23-5-12(13(15,16)17,14(18,19)20)10-8-6-2-3-7(4-6)9(8)11(10)21/h2-3,6-11,21H,4-5H2,1H3. The number of allylic oxidation sites excluding steroid dienone is 2. The molecule has 9 heteroatoms. The highest BCUT2D eigenvalue weighted by Gasteiger charge is 2.81. The summed E-state index contributed by atoms with van der Waals surface area (Å²) in [6, 6.07) is 0. The molecule has 0 radical (unpaired) electrons. The van der Waals surface area contributed by atoms with E-state index in [0.717, 1.165) is 7.11 Å².